The number of benzene rings is 1. The molecule has 2 N–H and O–H groups in total. The molecular weight excluding hydrogens is 214 g/mol. The van der Waals surface area contributed by atoms with Crippen LogP contribution in [0, 0.1) is 0 Å². The summed E-state index contributed by atoms with van der Waals surface area (Å²) in [6.07, 6.45) is 4.80. The Morgan fingerprint density at radius 3 is 3.06 bits per heavy atom. The van der Waals surface area contributed by atoms with E-state index in [1.54, 1.807) is 12.5 Å². The maximum atomic E-state index is 11.5. The number of aromatic nitrogens is 2. The van der Waals surface area contributed by atoms with Crippen molar-refractivity contribution in [2.24, 2.45) is 0 Å². The molecule has 1 amide bonds. The molecule has 0 bridgehead atoms. The smallest absolute Gasteiger partial charge is 0.224 e. The predicted molar refractivity (Wildman–Crippen MR) is 67.6 cm³/mol. The summed E-state index contributed by atoms with van der Waals surface area (Å²) in [6.45, 7) is 1.99. The summed E-state index contributed by atoms with van der Waals surface area (Å²) in [5.41, 5.74) is 2.77. The minimum atomic E-state index is 0.0502. The first-order chi connectivity index (χ1) is 8.29. The van der Waals surface area contributed by atoms with E-state index in [-0.39, 0.29) is 5.91 Å². The van der Waals surface area contributed by atoms with Gasteiger partial charge in [0.05, 0.1) is 18.2 Å². The number of anilines is 1. The first-order valence-corrected chi connectivity index (χ1v) is 5.68. The zero-order valence-corrected chi connectivity index (χ0v) is 9.73. The molecule has 4 nitrogen and oxygen atoms in total. The van der Waals surface area contributed by atoms with Crippen molar-refractivity contribution < 1.29 is 4.79 Å². The van der Waals surface area contributed by atoms with Crippen molar-refractivity contribution in [3.63, 3.8) is 0 Å². The van der Waals surface area contributed by atoms with Crippen molar-refractivity contribution in [2.75, 3.05) is 5.32 Å². The maximum absolute atomic E-state index is 11.5. The van der Waals surface area contributed by atoms with Crippen molar-refractivity contribution in [2.45, 2.75) is 19.8 Å². The fraction of sp³-hybridized carbons (Fsp3) is 0.231. The summed E-state index contributed by atoms with van der Waals surface area (Å²) >= 11 is 0. The van der Waals surface area contributed by atoms with Crippen molar-refractivity contribution in [1.82, 2.24) is 9.97 Å². The van der Waals surface area contributed by atoms with Crippen molar-refractivity contribution >= 4 is 11.6 Å². The summed E-state index contributed by atoms with van der Waals surface area (Å²) in [6, 6.07) is 7.70. The molecule has 0 fully saturated rings. The van der Waals surface area contributed by atoms with E-state index in [0.29, 0.717) is 6.42 Å². The molecule has 1 heterocycles. The molecule has 0 unspecified atom stereocenters. The lowest BCUT2D eigenvalue weighted by Crippen LogP contribution is -2.10. The van der Waals surface area contributed by atoms with Crippen LogP contribution in [0.15, 0.2) is 36.8 Å². The van der Waals surface area contributed by atoms with E-state index in [9.17, 15) is 4.79 Å². The number of hydrogen-bond acceptors (Lipinski definition) is 2. The van der Waals surface area contributed by atoms with E-state index >= 15 is 0 Å². The Kier molecular flexibility index (Phi) is 3.55. The third kappa shape index (κ3) is 2.93. The van der Waals surface area contributed by atoms with E-state index < -0.39 is 0 Å². The van der Waals surface area contributed by atoms with Gasteiger partial charge in [0, 0.05) is 17.7 Å². The number of aromatic amines is 1. The van der Waals surface area contributed by atoms with E-state index in [4.69, 9.17) is 0 Å². The molecule has 0 saturated carbocycles. The molecule has 2 rings (SSSR count). The second-order valence-corrected chi connectivity index (χ2v) is 3.84. The lowest BCUT2D eigenvalue weighted by atomic mass is 10.1. The van der Waals surface area contributed by atoms with Gasteiger partial charge in [-0.05, 0) is 18.6 Å². The average Bonchev–Trinajstić information content (AvgIpc) is 2.83. The Balaban J connectivity index is 2.15. The van der Waals surface area contributed by atoms with E-state index in [0.717, 1.165) is 23.4 Å². The van der Waals surface area contributed by atoms with Gasteiger partial charge >= 0.3 is 0 Å². The fourth-order valence-corrected chi connectivity index (χ4v) is 1.63. The van der Waals surface area contributed by atoms with Crippen LogP contribution in [0.4, 0.5) is 5.69 Å². The zero-order chi connectivity index (χ0) is 12.1. The normalized spacial score (nSPS) is 10.2. The van der Waals surface area contributed by atoms with Crippen LogP contribution < -0.4 is 5.32 Å². The standard InChI is InChI=1S/C13H15N3O/c1-2-4-13(17)16-11-6-3-5-10(7-11)12-8-14-9-15-12/h3,5-9H,2,4H2,1H3,(H,14,15)(H,16,17). The van der Waals surface area contributed by atoms with Gasteiger partial charge in [0.25, 0.3) is 0 Å². The Hall–Kier alpha value is -2.10. The molecule has 2 aromatic rings. The number of carbonyl (C=O) groups excluding carboxylic acids is 1. The van der Waals surface area contributed by atoms with Gasteiger partial charge in [-0.15, -0.1) is 0 Å². The largest absolute Gasteiger partial charge is 0.345 e. The van der Waals surface area contributed by atoms with Gasteiger partial charge in [-0.3, -0.25) is 4.79 Å². The monoisotopic (exact) mass is 229 g/mol. The van der Waals surface area contributed by atoms with Crippen LogP contribution in [0.25, 0.3) is 11.3 Å². The Morgan fingerprint density at radius 2 is 2.35 bits per heavy atom. The number of nitrogens with zero attached hydrogens (tertiary/aromatic N) is 1. The average molecular weight is 229 g/mol. The molecule has 17 heavy (non-hydrogen) atoms. The Bertz CT molecular complexity index is 491. The van der Waals surface area contributed by atoms with Crippen LogP contribution in [0.1, 0.15) is 19.8 Å². The molecule has 4 heteroatoms. The zero-order valence-electron chi connectivity index (χ0n) is 9.73. The highest BCUT2D eigenvalue weighted by Gasteiger charge is 2.03. The lowest BCUT2D eigenvalue weighted by molar-refractivity contribution is -0.116. The Morgan fingerprint density at radius 1 is 1.47 bits per heavy atom. The first-order valence-electron chi connectivity index (χ1n) is 5.68. The topological polar surface area (TPSA) is 57.8 Å². The molecule has 0 aliphatic heterocycles. The van der Waals surface area contributed by atoms with Crippen LogP contribution in [-0.4, -0.2) is 15.9 Å². The van der Waals surface area contributed by atoms with Crippen molar-refractivity contribution in [3.05, 3.63) is 36.8 Å². The summed E-state index contributed by atoms with van der Waals surface area (Å²) in [4.78, 5) is 18.5. The van der Waals surface area contributed by atoms with Crippen molar-refractivity contribution in [1.29, 1.82) is 0 Å². The molecule has 0 spiro atoms. The van der Waals surface area contributed by atoms with Gasteiger partial charge in [-0.25, -0.2) is 4.98 Å². The number of carbonyl (C=O) groups is 1. The number of rotatable bonds is 4. The number of hydrogen-bond donors (Lipinski definition) is 2. The van der Waals surface area contributed by atoms with Gasteiger partial charge in [0.1, 0.15) is 0 Å². The second kappa shape index (κ2) is 5.30. The third-order valence-electron chi connectivity index (χ3n) is 2.43. The molecule has 0 aliphatic carbocycles. The lowest BCUT2D eigenvalue weighted by Gasteiger charge is -2.05. The molecule has 0 atom stereocenters. The van der Waals surface area contributed by atoms with Crippen molar-refractivity contribution in [3.8, 4) is 11.3 Å². The van der Waals surface area contributed by atoms with E-state index in [2.05, 4.69) is 15.3 Å². The van der Waals surface area contributed by atoms with Crippen LogP contribution >= 0.6 is 0 Å². The quantitative estimate of drug-likeness (QED) is 0.847. The maximum Gasteiger partial charge on any atom is 0.224 e. The van der Waals surface area contributed by atoms with Crippen LogP contribution in [0.2, 0.25) is 0 Å². The molecule has 1 aromatic carbocycles. The summed E-state index contributed by atoms with van der Waals surface area (Å²) in [5.74, 6) is 0.0502. The van der Waals surface area contributed by atoms with Gasteiger partial charge in [-0.1, -0.05) is 19.1 Å². The molecule has 88 valence electrons. The first kappa shape index (κ1) is 11.4. The van der Waals surface area contributed by atoms with Gasteiger partial charge in [0.2, 0.25) is 5.91 Å². The Labute approximate surface area is 100 Å². The molecule has 1 aromatic heterocycles. The summed E-state index contributed by atoms with van der Waals surface area (Å²) < 4.78 is 0. The van der Waals surface area contributed by atoms with Crippen LogP contribution in [0.5, 0.6) is 0 Å². The number of H-pyrrole nitrogens is 1. The number of imidazole rings is 1. The minimum Gasteiger partial charge on any atom is -0.345 e. The van der Waals surface area contributed by atoms with Gasteiger partial charge in [0.15, 0.2) is 0 Å². The summed E-state index contributed by atoms with van der Waals surface area (Å²) in [7, 11) is 0. The van der Waals surface area contributed by atoms with E-state index in [1.807, 2.05) is 31.2 Å². The van der Waals surface area contributed by atoms with Gasteiger partial charge in [-0.2, -0.15) is 0 Å². The number of nitrogens with one attached hydrogen (secondary N) is 2. The van der Waals surface area contributed by atoms with E-state index in [1.165, 1.54) is 0 Å². The summed E-state index contributed by atoms with van der Waals surface area (Å²) in [5, 5.41) is 2.87. The van der Waals surface area contributed by atoms with Gasteiger partial charge < -0.3 is 10.3 Å². The fourth-order valence-electron chi connectivity index (χ4n) is 1.63. The molecular formula is C13H15N3O. The highest BCUT2D eigenvalue weighted by Crippen LogP contribution is 2.20. The highest BCUT2D eigenvalue weighted by molar-refractivity contribution is 5.91. The highest BCUT2D eigenvalue weighted by atomic mass is 16.1. The van der Waals surface area contributed by atoms with Crippen LogP contribution in [-0.2, 0) is 4.79 Å². The minimum absolute atomic E-state index is 0.0502. The second-order valence-electron chi connectivity index (χ2n) is 3.84. The van der Waals surface area contributed by atoms with Crippen LogP contribution in [0.3, 0.4) is 0 Å². The number of amides is 1. The molecule has 0 saturated heterocycles. The third-order valence-corrected chi connectivity index (χ3v) is 2.43. The predicted octanol–water partition coefficient (Wildman–Crippen LogP) is 2.82. The SMILES string of the molecule is CCCC(=O)Nc1cccc(-c2cnc[nH]2)c1. The molecule has 0 radical (unpaired) electrons. The molecule has 0 aliphatic rings.